The van der Waals surface area contributed by atoms with Crippen LogP contribution in [0.25, 0.3) is 44.1 Å². The van der Waals surface area contributed by atoms with Crippen LogP contribution in [-0.2, 0) is 21.1 Å². The first-order chi connectivity index (χ1) is 18.4. The van der Waals surface area contributed by atoms with Crippen molar-refractivity contribution < 1.29 is 21.1 Å². The summed E-state index contributed by atoms with van der Waals surface area (Å²) in [6.07, 6.45) is 3.69. The number of rotatable bonds is 2. The number of aromatic nitrogens is 2. The SMILES string of the molecule is [Pt+2].[c-]1c(-c2ccccn2)ccc2c1B1c3[c-]c(-c4nccs4)ccc3-c3ccccc3N1c1ccccc1-2. The van der Waals surface area contributed by atoms with Crippen molar-refractivity contribution in [3.63, 3.8) is 0 Å². The molecule has 0 saturated heterocycles. The minimum atomic E-state index is -0.0709. The van der Waals surface area contributed by atoms with Crippen LogP contribution in [0.15, 0.2) is 109 Å². The molecule has 0 amide bonds. The molecule has 2 aliphatic heterocycles. The fourth-order valence-corrected chi connectivity index (χ4v) is 6.33. The Labute approximate surface area is 240 Å². The molecule has 0 unspecified atom stereocenters. The topological polar surface area (TPSA) is 29.0 Å². The predicted molar refractivity (Wildman–Crippen MR) is 153 cm³/mol. The second-order valence-corrected chi connectivity index (χ2v) is 10.2. The van der Waals surface area contributed by atoms with Crippen molar-refractivity contribution in [2.45, 2.75) is 0 Å². The van der Waals surface area contributed by atoms with Gasteiger partial charge in [-0.15, -0.1) is 69.6 Å². The van der Waals surface area contributed by atoms with E-state index in [0.717, 1.165) is 32.8 Å². The first-order valence-electron chi connectivity index (χ1n) is 12.3. The van der Waals surface area contributed by atoms with E-state index in [1.807, 2.05) is 36.0 Å². The standard InChI is InChI=1S/C32H18BN3S.Pt/c1-3-10-30-25(7-1)23-14-12-21(29-9-5-6-16-34-29)19-27(23)33-28-20-22(32-35-17-18-37-32)13-15-24(28)26-8-2-4-11-31(26)36(30)33;/h1-18H;/q-2;+2. The second-order valence-electron chi connectivity index (χ2n) is 9.26. The van der Waals surface area contributed by atoms with Crippen molar-refractivity contribution in [2.24, 2.45) is 0 Å². The van der Waals surface area contributed by atoms with Crippen LogP contribution in [0.4, 0.5) is 11.4 Å². The molecule has 0 atom stereocenters. The zero-order valence-corrected chi connectivity index (χ0v) is 23.1. The zero-order valence-electron chi connectivity index (χ0n) is 20.0. The fraction of sp³-hybridized carbons (Fsp3) is 0. The molecule has 6 aromatic rings. The van der Waals surface area contributed by atoms with Crippen LogP contribution in [0.2, 0.25) is 0 Å². The van der Waals surface area contributed by atoms with Crippen molar-refractivity contribution in [3.05, 3.63) is 121 Å². The molecule has 0 fully saturated rings. The van der Waals surface area contributed by atoms with Gasteiger partial charge in [0.15, 0.2) is 0 Å². The van der Waals surface area contributed by atoms with Crippen LogP contribution < -0.4 is 15.7 Å². The molecule has 0 radical (unpaired) electrons. The van der Waals surface area contributed by atoms with Crippen LogP contribution in [0.1, 0.15) is 0 Å². The number of hydrogen-bond acceptors (Lipinski definition) is 4. The molecule has 4 aromatic carbocycles. The van der Waals surface area contributed by atoms with Crippen LogP contribution in [-0.4, -0.2) is 16.8 Å². The Bertz CT molecular complexity index is 1800. The molecule has 4 heterocycles. The molecule has 180 valence electrons. The molecular weight excluding hydrogens is 664 g/mol. The Kier molecular flexibility index (Phi) is 5.65. The number of nitrogens with zero attached hydrogens (tertiary/aromatic N) is 3. The quantitative estimate of drug-likeness (QED) is 0.157. The van der Waals surface area contributed by atoms with E-state index in [1.54, 1.807) is 11.3 Å². The number of pyridine rings is 1. The van der Waals surface area contributed by atoms with Gasteiger partial charge in [0.25, 0.3) is 6.85 Å². The van der Waals surface area contributed by atoms with Gasteiger partial charge in [-0.2, -0.15) is 11.3 Å². The summed E-state index contributed by atoms with van der Waals surface area (Å²) in [6, 6.07) is 39.8. The van der Waals surface area contributed by atoms with Gasteiger partial charge in [0.2, 0.25) is 0 Å². The van der Waals surface area contributed by atoms with Gasteiger partial charge in [-0.3, -0.25) is 4.98 Å². The summed E-state index contributed by atoms with van der Waals surface area (Å²) in [7, 11) is 0. The van der Waals surface area contributed by atoms with Crippen molar-refractivity contribution in [3.8, 4) is 44.1 Å². The summed E-state index contributed by atoms with van der Waals surface area (Å²) in [5.74, 6) is 0. The molecule has 0 bridgehead atoms. The fourth-order valence-electron chi connectivity index (χ4n) is 5.71. The average Bonchev–Trinajstić information content (AvgIpc) is 3.52. The number of anilines is 2. The van der Waals surface area contributed by atoms with E-state index in [-0.39, 0.29) is 27.9 Å². The molecule has 0 saturated carbocycles. The van der Waals surface area contributed by atoms with Gasteiger partial charge >= 0.3 is 21.1 Å². The van der Waals surface area contributed by atoms with E-state index in [0.29, 0.717) is 0 Å². The van der Waals surface area contributed by atoms with E-state index < -0.39 is 0 Å². The van der Waals surface area contributed by atoms with Crippen LogP contribution in [0, 0.1) is 12.1 Å². The Balaban J connectivity index is 0.00000242. The molecule has 0 aliphatic carbocycles. The van der Waals surface area contributed by atoms with Gasteiger partial charge in [0.1, 0.15) is 0 Å². The molecule has 3 nitrogen and oxygen atoms in total. The van der Waals surface area contributed by atoms with Crippen molar-refractivity contribution in [2.75, 3.05) is 4.81 Å². The normalized spacial score (nSPS) is 12.4. The number of hydrogen-bond donors (Lipinski definition) is 0. The Hall–Kier alpha value is -3.79. The average molecular weight is 682 g/mol. The van der Waals surface area contributed by atoms with E-state index in [9.17, 15) is 0 Å². The predicted octanol–water partition coefficient (Wildman–Crippen LogP) is 6.37. The maximum Gasteiger partial charge on any atom is 2.00 e. The molecule has 6 heteroatoms. The molecule has 8 rings (SSSR count). The molecule has 2 aliphatic rings. The van der Waals surface area contributed by atoms with Crippen molar-refractivity contribution in [1.29, 1.82) is 0 Å². The number of fused-ring (bicyclic) bond motifs is 11. The van der Waals surface area contributed by atoms with E-state index >= 15 is 0 Å². The third-order valence-electron chi connectivity index (χ3n) is 7.27. The molecule has 0 N–H and O–H groups in total. The maximum absolute atomic E-state index is 4.61. The van der Waals surface area contributed by atoms with Gasteiger partial charge < -0.3 is 9.79 Å². The van der Waals surface area contributed by atoms with Crippen LogP contribution >= 0.6 is 11.3 Å². The van der Waals surface area contributed by atoms with Crippen LogP contribution in [0.5, 0.6) is 0 Å². The molecular formula is C32H18BN3PtS. The smallest absolute Gasteiger partial charge is 0.380 e. The first kappa shape index (κ1) is 23.3. The first-order valence-corrected chi connectivity index (χ1v) is 13.2. The Morgan fingerprint density at radius 2 is 1.24 bits per heavy atom. The van der Waals surface area contributed by atoms with Crippen molar-refractivity contribution >= 4 is 40.5 Å². The monoisotopic (exact) mass is 682 g/mol. The molecule has 2 aromatic heterocycles. The van der Waals surface area contributed by atoms with E-state index in [1.165, 1.54) is 33.6 Å². The van der Waals surface area contributed by atoms with Gasteiger partial charge in [0.05, 0.1) is 0 Å². The number of para-hydroxylation sites is 2. The van der Waals surface area contributed by atoms with Crippen molar-refractivity contribution in [1.82, 2.24) is 9.97 Å². The van der Waals surface area contributed by atoms with E-state index in [2.05, 4.69) is 99.7 Å². The summed E-state index contributed by atoms with van der Waals surface area (Å²) < 4.78 is 0. The van der Waals surface area contributed by atoms with Gasteiger partial charge in [-0.1, -0.05) is 48.5 Å². The summed E-state index contributed by atoms with van der Waals surface area (Å²) >= 11 is 1.64. The summed E-state index contributed by atoms with van der Waals surface area (Å²) in [5, 5.41) is 3.00. The summed E-state index contributed by atoms with van der Waals surface area (Å²) in [6.45, 7) is -0.0709. The minimum absolute atomic E-state index is 0. The second kappa shape index (κ2) is 9.20. The number of thiazole rings is 1. The Morgan fingerprint density at radius 3 is 1.87 bits per heavy atom. The molecule has 0 spiro atoms. The summed E-state index contributed by atoms with van der Waals surface area (Å²) in [5.41, 5.74) is 12.5. The van der Waals surface area contributed by atoms with Gasteiger partial charge in [-0.25, -0.2) is 0 Å². The van der Waals surface area contributed by atoms with Gasteiger partial charge in [0, 0.05) is 34.2 Å². The maximum atomic E-state index is 4.61. The third kappa shape index (κ3) is 3.46. The van der Waals surface area contributed by atoms with Crippen LogP contribution in [0.3, 0.4) is 0 Å². The van der Waals surface area contributed by atoms with Gasteiger partial charge in [-0.05, 0) is 35.0 Å². The number of benzene rings is 4. The molecule has 38 heavy (non-hydrogen) atoms. The zero-order chi connectivity index (χ0) is 24.3. The van der Waals surface area contributed by atoms with E-state index in [4.69, 9.17) is 0 Å². The Morgan fingerprint density at radius 1 is 0.605 bits per heavy atom. The summed E-state index contributed by atoms with van der Waals surface area (Å²) in [4.78, 5) is 11.7. The third-order valence-corrected chi connectivity index (χ3v) is 8.07. The minimum Gasteiger partial charge on any atom is -0.380 e. The largest absolute Gasteiger partial charge is 2.00 e.